The number of aromatic nitrogens is 1. The molecule has 0 saturated carbocycles. The number of amides is 3. The summed E-state index contributed by atoms with van der Waals surface area (Å²) in [5, 5.41) is 21.3. The van der Waals surface area contributed by atoms with Gasteiger partial charge in [-0.1, -0.05) is 96.2 Å². The lowest BCUT2D eigenvalue weighted by Crippen LogP contribution is -2.71. The first-order valence-electron chi connectivity index (χ1n) is 15.8. The third-order valence-corrected chi connectivity index (χ3v) is 10.3. The maximum absolute atomic E-state index is 13.8. The Balaban J connectivity index is 1.31. The van der Waals surface area contributed by atoms with E-state index in [1.165, 1.54) is 30.0 Å². The van der Waals surface area contributed by atoms with Crippen LogP contribution in [-0.2, 0) is 39.1 Å². The van der Waals surface area contributed by atoms with Crippen LogP contribution >= 0.6 is 23.1 Å². The van der Waals surface area contributed by atoms with Gasteiger partial charge in [0.1, 0.15) is 35.0 Å². The largest absolute Gasteiger partial charge is 0.477 e. The highest BCUT2D eigenvalue weighted by atomic mass is 32.2. The van der Waals surface area contributed by atoms with Crippen LogP contribution in [0.15, 0.2) is 113 Å². The maximum Gasteiger partial charge on any atom is 0.352 e. The molecular formula is C36H32N6O8S2. The van der Waals surface area contributed by atoms with E-state index in [-0.39, 0.29) is 35.0 Å². The van der Waals surface area contributed by atoms with E-state index in [2.05, 4.69) is 15.8 Å². The number of rotatable bonds is 14. The molecule has 1 aromatic heterocycles. The molecular weight excluding hydrogens is 709 g/mol. The average Bonchev–Trinajstić information content (AvgIpc) is 3.61. The number of ether oxygens (including phenoxy) is 1. The third kappa shape index (κ3) is 7.24. The molecule has 0 aliphatic carbocycles. The second kappa shape index (κ2) is 15.5. The molecule has 3 amide bonds. The number of hydrogen-bond donors (Lipinski definition) is 4. The molecule has 0 spiro atoms. The topological polar surface area (TPSA) is 203 Å². The first-order chi connectivity index (χ1) is 25.1. The number of carboxylic acids is 1. The number of thioether (sulfide) groups is 1. The quantitative estimate of drug-likeness (QED) is 0.0487. The molecule has 2 aliphatic rings. The van der Waals surface area contributed by atoms with Crippen molar-refractivity contribution >= 4 is 63.6 Å². The van der Waals surface area contributed by atoms with Gasteiger partial charge in [0, 0.05) is 23.6 Å². The second-order valence-corrected chi connectivity index (χ2v) is 13.6. The summed E-state index contributed by atoms with van der Waals surface area (Å²) >= 11 is 2.40. The number of carbonyl (C=O) groups excluding carboxylic acids is 4. The highest BCUT2D eigenvalue weighted by molar-refractivity contribution is 8.00. The Morgan fingerprint density at radius 3 is 2.08 bits per heavy atom. The van der Waals surface area contributed by atoms with Crippen LogP contribution in [0.1, 0.15) is 29.3 Å². The lowest BCUT2D eigenvalue weighted by molar-refractivity contribution is -0.150. The van der Waals surface area contributed by atoms with Crippen molar-refractivity contribution in [3.8, 4) is 0 Å². The van der Waals surface area contributed by atoms with Gasteiger partial charge >= 0.3 is 11.9 Å². The number of hydrogen-bond acceptors (Lipinski definition) is 12. The van der Waals surface area contributed by atoms with Gasteiger partial charge in [-0.2, -0.15) is 0 Å². The highest BCUT2D eigenvalue weighted by Gasteiger charge is 2.54. The molecule has 3 aromatic carbocycles. The van der Waals surface area contributed by atoms with E-state index in [9.17, 15) is 29.1 Å². The molecule has 1 saturated heterocycles. The number of oxime groups is 1. The monoisotopic (exact) mass is 740 g/mol. The van der Waals surface area contributed by atoms with E-state index in [1.54, 1.807) is 5.38 Å². The Hall–Kier alpha value is -6.00. The highest BCUT2D eigenvalue weighted by Crippen LogP contribution is 2.42. The molecule has 0 unspecified atom stereocenters. The number of nitrogens with one attached hydrogen (secondary N) is 2. The molecule has 52 heavy (non-hydrogen) atoms. The molecule has 16 heteroatoms. The average molecular weight is 741 g/mol. The lowest BCUT2D eigenvalue weighted by atomic mass is 9.77. The molecule has 4 aromatic rings. The summed E-state index contributed by atoms with van der Waals surface area (Å²) in [5.41, 5.74) is 6.76. The molecule has 2 aliphatic heterocycles. The van der Waals surface area contributed by atoms with Crippen molar-refractivity contribution in [3.63, 3.8) is 0 Å². The number of primary amides is 1. The molecule has 1 fully saturated rings. The molecule has 14 nitrogen and oxygen atoms in total. The predicted octanol–water partition coefficient (Wildman–Crippen LogP) is 3.05. The van der Waals surface area contributed by atoms with Gasteiger partial charge < -0.3 is 31.0 Å². The summed E-state index contributed by atoms with van der Waals surface area (Å²) < 4.78 is 4.98. The molecule has 0 bridgehead atoms. The Morgan fingerprint density at radius 2 is 1.56 bits per heavy atom. The number of anilines is 1. The van der Waals surface area contributed by atoms with Gasteiger partial charge in [-0.05, 0) is 16.7 Å². The zero-order valence-electron chi connectivity index (χ0n) is 27.6. The van der Waals surface area contributed by atoms with E-state index in [0.717, 1.165) is 21.6 Å². The van der Waals surface area contributed by atoms with Gasteiger partial charge in [0.15, 0.2) is 17.5 Å². The number of thiazole rings is 1. The normalized spacial score (nSPS) is 17.1. The molecule has 3 heterocycles. The molecule has 0 radical (unpaired) electrons. The minimum absolute atomic E-state index is 0.0762. The van der Waals surface area contributed by atoms with Crippen molar-refractivity contribution in [3.05, 3.63) is 130 Å². The zero-order chi connectivity index (χ0) is 36.8. The van der Waals surface area contributed by atoms with Crippen LogP contribution < -0.4 is 16.4 Å². The molecule has 2 atom stereocenters. The SMILES string of the molecule is CC(=O)OCC1=C(C(=O)O)N2C(=O)[C@@H](NC(=O)/C(=N\OCC(N)=O)c3csc(NC(c4ccccc4)(c4ccccc4)c4ccccc4)n3)[C@H]2SC1. The summed E-state index contributed by atoms with van der Waals surface area (Å²) in [7, 11) is 0. The van der Waals surface area contributed by atoms with Crippen molar-refractivity contribution in [1.29, 1.82) is 0 Å². The number of aliphatic carboxylic acids is 1. The fourth-order valence-electron chi connectivity index (χ4n) is 5.94. The summed E-state index contributed by atoms with van der Waals surface area (Å²) in [4.78, 5) is 72.9. The summed E-state index contributed by atoms with van der Waals surface area (Å²) in [6, 6.07) is 28.4. The minimum atomic E-state index is -1.37. The van der Waals surface area contributed by atoms with Crippen molar-refractivity contribution in [2.24, 2.45) is 10.9 Å². The molecule has 266 valence electrons. The third-order valence-electron chi connectivity index (χ3n) is 8.23. The van der Waals surface area contributed by atoms with Crippen LogP contribution in [-0.4, -0.2) is 80.7 Å². The molecule has 6 rings (SSSR count). The standard InChI is InChI=1S/C36H32N6O8S2/c1-21(43)49-17-22-19-51-33-29(32(46)42(33)30(22)34(47)48)39-31(45)28(41-50-18-27(37)44)26-20-52-35(38-26)40-36(23-11-5-2-6-12-23,24-13-7-3-8-14-24)25-15-9-4-10-16-25/h2-16,20,29,33H,17-19H2,1H3,(H2,37,44)(H,38,40)(H,39,45)(H,47,48)/b41-28-/t29-,33-/m1/s1. The van der Waals surface area contributed by atoms with Crippen molar-refractivity contribution < 1.29 is 38.7 Å². The number of carboxylic acid groups (broad SMARTS) is 1. The van der Waals surface area contributed by atoms with Crippen molar-refractivity contribution in [1.82, 2.24) is 15.2 Å². The summed E-state index contributed by atoms with van der Waals surface area (Å²) in [5.74, 6) is -4.19. The Kier molecular flexibility index (Phi) is 10.7. The number of benzene rings is 3. The lowest BCUT2D eigenvalue weighted by Gasteiger charge is -2.49. The summed E-state index contributed by atoms with van der Waals surface area (Å²) in [6.07, 6.45) is 0. The van der Waals surface area contributed by atoms with E-state index in [0.29, 0.717) is 5.13 Å². The van der Waals surface area contributed by atoms with Gasteiger partial charge in [-0.3, -0.25) is 24.1 Å². The fraction of sp³-hybridized carbons (Fsp3) is 0.194. The first-order valence-corrected chi connectivity index (χ1v) is 17.8. The van der Waals surface area contributed by atoms with Gasteiger partial charge in [-0.15, -0.1) is 23.1 Å². The zero-order valence-corrected chi connectivity index (χ0v) is 29.2. The number of β-lactam (4-membered cyclic amide) rings is 1. The van der Waals surface area contributed by atoms with Crippen molar-refractivity contribution in [2.45, 2.75) is 23.9 Å². The number of carbonyl (C=O) groups is 5. The van der Waals surface area contributed by atoms with Crippen LogP contribution in [0, 0.1) is 0 Å². The number of nitrogens with two attached hydrogens (primary N) is 1. The summed E-state index contributed by atoms with van der Waals surface area (Å²) in [6.45, 7) is 0.281. The van der Waals surface area contributed by atoms with Crippen molar-refractivity contribution in [2.75, 3.05) is 24.3 Å². The van der Waals surface area contributed by atoms with Gasteiger partial charge in [0.25, 0.3) is 17.7 Å². The van der Waals surface area contributed by atoms with Crippen LogP contribution in [0.25, 0.3) is 0 Å². The first kappa shape index (κ1) is 35.8. The Morgan fingerprint density at radius 1 is 0.981 bits per heavy atom. The minimum Gasteiger partial charge on any atom is -0.477 e. The van der Waals surface area contributed by atoms with Gasteiger partial charge in [0.2, 0.25) is 0 Å². The maximum atomic E-state index is 13.8. The van der Waals surface area contributed by atoms with E-state index < -0.39 is 53.2 Å². The van der Waals surface area contributed by atoms with Crippen LogP contribution in [0.2, 0.25) is 0 Å². The second-order valence-electron chi connectivity index (χ2n) is 11.6. The van der Waals surface area contributed by atoms with Gasteiger partial charge in [-0.25, -0.2) is 9.78 Å². The number of nitrogens with zero attached hydrogens (tertiary/aromatic N) is 3. The van der Waals surface area contributed by atoms with E-state index in [1.807, 2.05) is 91.0 Å². The van der Waals surface area contributed by atoms with E-state index >= 15 is 0 Å². The van der Waals surface area contributed by atoms with Gasteiger partial charge in [0.05, 0.1) is 0 Å². The smallest absolute Gasteiger partial charge is 0.352 e. The number of fused-ring (bicyclic) bond motifs is 1. The van der Waals surface area contributed by atoms with Crippen LogP contribution in [0.5, 0.6) is 0 Å². The molecule has 5 N–H and O–H groups in total. The Labute approximate surface area is 305 Å². The number of esters is 1. The Bertz CT molecular complexity index is 1960. The van der Waals surface area contributed by atoms with Crippen LogP contribution in [0.4, 0.5) is 5.13 Å². The fourth-order valence-corrected chi connectivity index (χ4v) is 8.02. The van der Waals surface area contributed by atoms with E-state index in [4.69, 9.17) is 20.3 Å². The predicted molar refractivity (Wildman–Crippen MR) is 193 cm³/mol. The van der Waals surface area contributed by atoms with Crippen LogP contribution in [0.3, 0.4) is 0 Å².